The number of carbonyl (C=O) groups excluding carboxylic acids is 1. The van der Waals surface area contributed by atoms with E-state index in [9.17, 15) is 4.79 Å². The second-order valence-electron chi connectivity index (χ2n) is 1.48. The van der Waals surface area contributed by atoms with Crippen LogP contribution in [0.15, 0.2) is 0 Å². The third kappa shape index (κ3) is 5.95. The number of amides is 1. The quantitative estimate of drug-likeness (QED) is 0.592. The molecule has 0 heterocycles. The fourth-order valence-electron chi connectivity index (χ4n) is 0.285. The van der Waals surface area contributed by atoms with Crippen molar-refractivity contribution in [2.45, 2.75) is 20.8 Å². The van der Waals surface area contributed by atoms with Crippen molar-refractivity contribution in [2.75, 3.05) is 19.8 Å². The van der Waals surface area contributed by atoms with Gasteiger partial charge in [0, 0.05) is 13.6 Å². The monoisotopic (exact) mass is 163 g/mol. The molecule has 0 aliphatic heterocycles. The molecule has 0 N–H and O–H groups in total. The predicted octanol–water partition coefficient (Wildman–Crippen LogP) is 2.45. The highest BCUT2D eigenvalue weighted by atomic mass is 32.2. The van der Waals surface area contributed by atoms with Gasteiger partial charge in [-0.25, -0.2) is 0 Å². The van der Waals surface area contributed by atoms with Crippen molar-refractivity contribution in [3.05, 3.63) is 0 Å². The number of thioether (sulfide) groups is 1. The molecule has 0 atom stereocenters. The summed E-state index contributed by atoms with van der Waals surface area (Å²) in [6.07, 6.45) is 1.79. The molecule has 0 aliphatic rings. The molecule has 2 nitrogen and oxygen atoms in total. The first-order valence-electron chi connectivity index (χ1n) is 3.51. The Labute approximate surface area is 68.0 Å². The Morgan fingerprint density at radius 2 is 1.90 bits per heavy atom. The van der Waals surface area contributed by atoms with Gasteiger partial charge in [-0.2, -0.15) is 0 Å². The van der Waals surface area contributed by atoms with Gasteiger partial charge in [0.2, 0.25) is 0 Å². The zero-order valence-electron chi connectivity index (χ0n) is 7.47. The number of carbonyl (C=O) groups is 1. The van der Waals surface area contributed by atoms with Gasteiger partial charge in [-0.1, -0.05) is 25.6 Å². The van der Waals surface area contributed by atoms with E-state index in [1.54, 1.807) is 18.2 Å². The van der Waals surface area contributed by atoms with E-state index in [4.69, 9.17) is 0 Å². The van der Waals surface area contributed by atoms with Crippen molar-refractivity contribution < 1.29 is 4.79 Å². The second kappa shape index (κ2) is 8.82. The van der Waals surface area contributed by atoms with E-state index in [0.29, 0.717) is 0 Å². The van der Waals surface area contributed by atoms with Crippen LogP contribution in [0.5, 0.6) is 0 Å². The van der Waals surface area contributed by atoms with Crippen LogP contribution in [0.2, 0.25) is 0 Å². The molecule has 0 rings (SSSR count). The summed E-state index contributed by atoms with van der Waals surface area (Å²) in [6.45, 7) is 6.74. The van der Waals surface area contributed by atoms with E-state index in [-0.39, 0.29) is 5.24 Å². The Bertz CT molecular complexity index is 85.7. The number of rotatable bonds is 1. The van der Waals surface area contributed by atoms with E-state index in [0.717, 1.165) is 6.54 Å². The Morgan fingerprint density at radius 3 is 2.00 bits per heavy atom. The van der Waals surface area contributed by atoms with Crippen LogP contribution in [0.1, 0.15) is 20.8 Å². The molecule has 0 saturated carbocycles. The topological polar surface area (TPSA) is 20.3 Å². The highest BCUT2D eigenvalue weighted by Crippen LogP contribution is 1.99. The summed E-state index contributed by atoms with van der Waals surface area (Å²) in [5.41, 5.74) is 0. The molecule has 0 saturated heterocycles. The second-order valence-corrected chi connectivity index (χ2v) is 2.24. The largest absolute Gasteiger partial charge is 0.337 e. The third-order valence-corrected chi connectivity index (χ3v) is 1.62. The minimum atomic E-state index is 0.132. The van der Waals surface area contributed by atoms with Crippen molar-refractivity contribution >= 4 is 17.0 Å². The van der Waals surface area contributed by atoms with Crippen LogP contribution in [-0.2, 0) is 0 Å². The molecule has 1 amide bonds. The van der Waals surface area contributed by atoms with Gasteiger partial charge in [0.25, 0.3) is 5.24 Å². The highest BCUT2D eigenvalue weighted by Gasteiger charge is 2.00. The Kier molecular flexibility index (Phi) is 11.0. The van der Waals surface area contributed by atoms with Gasteiger partial charge < -0.3 is 4.90 Å². The molecule has 0 radical (unpaired) electrons. The first-order chi connectivity index (χ1) is 4.72. The Morgan fingerprint density at radius 1 is 1.50 bits per heavy atom. The number of hydrogen-bond donors (Lipinski definition) is 0. The molecule has 62 valence electrons. The molecule has 0 aliphatic carbocycles. The molecule has 0 aromatic heterocycles. The van der Waals surface area contributed by atoms with E-state index in [1.165, 1.54) is 11.8 Å². The lowest BCUT2D eigenvalue weighted by atomic mass is 10.7. The van der Waals surface area contributed by atoms with Crippen LogP contribution in [0, 0.1) is 0 Å². The number of nitrogens with zero attached hydrogens (tertiary/aromatic N) is 1. The molecular weight excluding hydrogens is 146 g/mol. The van der Waals surface area contributed by atoms with E-state index in [1.807, 2.05) is 20.8 Å². The van der Waals surface area contributed by atoms with Crippen molar-refractivity contribution in [3.8, 4) is 0 Å². The average Bonchev–Trinajstić information content (AvgIpc) is 2.05. The van der Waals surface area contributed by atoms with Crippen LogP contribution < -0.4 is 0 Å². The van der Waals surface area contributed by atoms with Gasteiger partial charge >= 0.3 is 0 Å². The highest BCUT2D eigenvalue weighted by molar-refractivity contribution is 8.12. The SMILES string of the molecule is CC.CCN(C)C(=O)SC. The predicted molar refractivity (Wildman–Crippen MR) is 48.6 cm³/mol. The summed E-state index contributed by atoms with van der Waals surface area (Å²) in [5, 5.41) is 0.132. The van der Waals surface area contributed by atoms with E-state index < -0.39 is 0 Å². The average molecular weight is 163 g/mol. The van der Waals surface area contributed by atoms with Crippen LogP contribution in [0.25, 0.3) is 0 Å². The fraction of sp³-hybridized carbons (Fsp3) is 0.857. The minimum Gasteiger partial charge on any atom is -0.337 e. The van der Waals surface area contributed by atoms with E-state index >= 15 is 0 Å². The molecule has 0 spiro atoms. The zero-order chi connectivity index (χ0) is 8.57. The molecule has 0 bridgehead atoms. The van der Waals surface area contributed by atoms with Crippen LogP contribution >= 0.6 is 11.8 Å². The van der Waals surface area contributed by atoms with Gasteiger partial charge in [0.15, 0.2) is 0 Å². The lowest BCUT2D eigenvalue weighted by molar-refractivity contribution is 0.235. The lowest BCUT2D eigenvalue weighted by Crippen LogP contribution is -2.21. The van der Waals surface area contributed by atoms with Crippen LogP contribution in [0.4, 0.5) is 4.79 Å². The van der Waals surface area contributed by atoms with Crippen molar-refractivity contribution in [1.29, 1.82) is 0 Å². The molecule has 3 heteroatoms. The minimum absolute atomic E-state index is 0.132. The molecule has 10 heavy (non-hydrogen) atoms. The lowest BCUT2D eigenvalue weighted by Gasteiger charge is -2.10. The van der Waals surface area contributed by atoms with Crippen molar-refractivity contribution in [3.63, 3.8) is 0 Å². The Balaban J connectivity index is 0. The fourth-order valence-corrected chi connectivity index (χ4v) is 0.726. The van der Waals surface area contributed by atoms with Crippen molar-refractivity contribution in [1.82, 2.24) is 4.90 Å². The van der Waals surface area contributed by atoms with Crippen molar-refractivity contribution in [2.24, 2.45) is 0 Å². The summed E-state index contributed by atoms with van der Waals surface area (Å²) < 4.78 is 0. The van der Waals surface area contributed by atoms with E-state index in [2.05, 4.69) is 0 Å². The Hall–Kier alpha value is -0.180. The summed E-state index contributed by atoms with van der Waals surface area (Å²) >= 11 is 1.24. The normalized spacial score (nSPS) is 7.70. The van der Waals surface area contributed by atoms with Gasteiger partial charge in [0.05, 0.1) is 0 Å². The summed E-state index contributed by atoms with van der Waals surface area (Å²) in [5.74, 6) is 0. The zero-order valence-corrected chi connectivity index (χ0v) is 8.29. The molecule has 0 unspecified atom stereocenters. The van der Waals surface area contributed by atoms with Gasteiger partial charge in [-0.3, -0.25) is 4.79 Å². The summed E-state index contributed by atoms with van der Waals surface area (Å²) in [6, 6.07) is 0. The summed E-state index contributed by atoms with van der Waals surface area (Å²) in [4.78, 5) is 12.3. The van der Waals surface area contributed by atoms with Crippen LogP contribution in [-0.4, -0.2) is 30.0 Å². The van der Waals surface area contributed by atoms with Crippen LogP contribution in [0.3, 0.4) is 0 Å². The molecule has 0 aromatic rings. The molecule has 0 fully saturated rings. The first-order valence-corrected chi connectivity index (χ1v) is 4.74. The molecular formula is C7H17NOS. The van der Waals surface area contributed by atoms with Gasteiger partial charge in [-0.05, 0) is 13.2 Å². The number of hydrogen-bond acceptors (Lipinski definition) is 2. The maximum atomic E-state index is 10.6. The van der Waals surface area contributed by atoms with Gasteiger partial charge in [0.1, 0.15) is 0 Å². The smallest absolute Gasteiger partial charge is 0.281 e. The molecule has 0 aromatic carbocycles. The van der Waals surface area contributed by atoms with Gasteiger partial charge in [-0.15, -0.1) is 0 Å². The maximum Gasteiger partial charge on any atom is 0.281 e. The third-order valence-electron chi connectivity index (χ3n) is 0.961. The first kappa shape index (κ1) is 12.5. The standard InChI is InChI=1S/C5H11NOS.C2H6/c1-4-6(2)5(7)8-3;1-2/h4H2,1-3H3;1-2H3. The maximum absolute atomic E-state index is 10.6. The summed E-state index contributed by atoms with van der Waals surface area (Å²) in [7, 11) is 1.79.